The molecule has 4 aliphatic heterocycles. The van der Waals surface area contributed by atoms with Gasteiger partial charge in [0.05, 0.1) is 44.1 Å². The van der Waals surface area contributed by atoms with Gasteiger partial charge < -0.3 is 114 Å². The Morgan fingerprint density at radius 2 is 1.29 bits per heavy atom. The number of hydrogen-bond acceptors (Lipinski definition) is 25. The fraction of sp³-hybridized carbons (Fsp3) is 0.773. The van der Waals surface area contributed by atoms with Crippen LogP contribution in [0.4, 0.5) is 0 Å². The van der Waals surface area contributed by atoms with Crippen LogP contribution in [-0.2, 0) is 61.8 Å². The van der Waals surface area contributed by atoms with Crippen LogP contribution in [-0.4, -0.2) is 246 Å². The number of carboxylic acid groups (broad SMARTS) is 1. The molecule has 29 atom stereocenters. The van der Waals surface area contributed by atoms with Gasteiger partial charge >= 0.3 is 17.9 Å². The number of hydrogen-bond donors (Lipinski definition) is 13. The van der Waals surface area contributed by atoms with Gasteiger partial charge in [0.25, 0.3) is 0 Å². The second kappa shape index (κ2) is 26.8. The zero-order valence-electron chi connectivity index (χ0n) is 53.5. The first-order valence-electron chi connectivity index (χ1n) is 32.2. The van der Waals surface area contributed by atoms with Crippen molar-refractivity contribution in [2.75, 3.05) is 26.4 Å². The van der Waals surface area contributed by atoms with Crippen LogP contribution in [0, 0.1) is 50.2 Å². The van der Waals surface area contributed by atoms with E-state index in [1.807, 2.05) is 58.0 Å². The van der Waals surface area contributed by atoms with Crippen LogP contribution >= 0.6 is 0 Å². The van der Waals surface area contributed by atoms with Gasteiger partial charge in [-0.2, -0.15) is 0 Å². The Labute approximate surface area is 534 Å². The van der Waals surface area contributed by atoms with Gasteiger partial charge in [-0.1, -0.05) is 96.5 Å². The van der Waals surface area contributed by atoms with Crippen LogP contribution in [0.3, 0.4) is 0 Å². The van der Waals surface area contributed by atoms with Crippen molar-refractivity contribution in [3.8, 4) is 0 Å². The molecule has 8 fully saturated rings. The largest absolute Gasteiger partial charge is 0.479 e. The molecule has 92 heavy (non-hydrogen) atoms. The van der Waals surface area contributed by atoms with Crippen LogP contribution in [0.1, 0.15) is 113 Å². The van der Waals surface area contributed by atoms with E-state index in [4.69, 9.17) is 47.4 Å². The number of ether oxygens (including phenoxy) is 10. The van der Waals surface area contributed by atoms with Crippen molar-refractivity contribution in [1.82, 2.24) is 0 Å². The maximum atomic E-state index is 14.1. The Hall–Kier alpha value is -3.95. The summed E-state index contributed by atoms with van der Waals surface area (Å²) in [5.74, 6) is -3.76. The number of aliphatic hydroxyl groups is 12. The van der Waals surface area contributed by atoms with E-state index < -0.39 is 218 Å². The van der Waals surface area contributed by atoms with E-state index >= 15 is 0 Å². The monoisotopic (exact) mass is 1300 g/mol. The summed E-state index contributed by atoms with van der Waals surface area (Å²) in [5, 5.41) is 145. The number of carboxylic acids is 1. The van der Waals surface area contributed by atoms with E-state index in [0.717, 1.165) is 11.1 Å². The Morgan fingerprint density at radius 1 is 0.652 bits per heavy atom. The standard InChI is InChI=1S/C66H96O26/c1-10-30(2)56(82)92-53-54(87-41(72)19-16-31-14-12-11-13-15-31)66(29-68)33(24-61(53,3)4)32-17-18-38-63(7)22-21-40(62(5,6)37(63)20-23-64(38,8)65(32,9)25-39(66)71)86-60-52(91-58-47(78)45(76)44(75)36(26-67)85-58)49(48(79)50(89-60)55(80)81)88-59-51(43(74)35(70)28-84-59)90-57-46(77)42(73)34(69)27-83-57/h10-17,19,33-40,42-54,57-60,67-71,73-79H,18,20-29H2,1-9H3,(H,80,81)/b19-16+,30-10+/t33?,34-,35+,36-,37?,38?,39-,40+,42+,43+,44+,45+,46-,47-,48+,49+,50+,51-,52-,53+,54+,57+,58+,59+,60-,63+,64-,65-,66+/m1/s1. The Morgan fingerprint density at radius 3 is 1.95 bits per heavy atom. The minimum Gasteiger partial charge on any atom is -0.479 e. The van der Waals surface area contributed by atoms with E-state index in [9.17, 15) is 80.8 Å². The second-order valence-electron chi connectivity index (χ2n) is 29.2. The summed E-state index contributed by atoms with van der Waals surface area (Å²) in [6.45, 7) is 15.4. The number of esters is 2. The van der Waals surface area contributed by atoms with Gasteiger partial charge in [-0.15, -0.1) is 0 Å². The number of rotatable bonds is 16. The molecule has 10 rings (SSSR count). The van der Waals surface area contributed by atoms with E-state index in [-0.39, 0.29) is 18.3 Å². The molecule has 1 aromatic rings. The van der Waals surface area contributed by atoms with Crippen LogP contribution in [0.15, 0.2) is 59.7 Å². The first kappa shape index (κ1) is 70.8. The number of carbonyl (C=O) groups excluding carboxylic acids is 2. The molecule has 516 valence electrons. The quantitative estimate of drug-likeness (QED) is 0.0464. The summed E-state index contributed by atoms with van der Waals surface area (Å²) in [6, 6.07) is 9.18. The summed E-state index contributed by atoms with van der Waals surface area (Å²) in [6.07, 6.45) is -28.2. The summed E-state index contributed by atoms with van der Waals surface area (Å²) in [5.41, 5.74) is -2.73. The van der Waals surface area contributed by atoms with Crippen molar-refractivity contribution >= 4 is 24.0 Å². The van der Waals surface area contributed by atoms with Crippen molar-refractivity contribution < 1.29 is 128 Å². The Balaban J connectivity index is 0.964. The maximum absolute atomic E-state index is 14.1. The third-order valence-electron chi connectivity index (χ3n) is 23.4. The van der Waals surface area contributed by atoms with Crippen LogP contribution in [0.2, 0.25) is 0 Å². The van der Waals surface area contributed by atoms with Crippen molar-refractivity contribution in [1.29, 1.82) is 0 Å². The van der Waals surface area contributed by atoms with Gasteiger partial charge in [0.2, 0.25) is 0 Å². The Kier molecular flexibility index (Phi) is 20.6. The summed E-state index contributed by atoms with van der Waals surface area (Å²) in [4.78, 5) is 41.1. The van der Waals surface area contributed by atoms with Gasteiger partial charge in [-0.25, -0.2) is 14.4 Å². The van der Waals surface area contributed by atoms with E-state index in [1.54, 1.807) is 26.0 Å². The topological polar surface area (TPSA) is 407 Å². The molecular formula is C66H96O26. The molecule has 0 aromatic heterocycles. The fourth-order valence-corrected chi connectivity index (χ4v) is 17.8. The minimum atomic E-state index is -2.22. The first-order valence-corrected chi connectivity index (χ1v) is 32.2. The minimum absolute atomic E-state index is 0.0343. The molecule has 0 amide bonds. The van der Waals surface area contributed by atoms with Crippen molar-refractivity contribution in [2.24, 2.45) is 50.2 Å². The zero-order chi connectivity index (χ0) is 67.1. The molecule has 26 heteroatoms. The number of benzene rings is 1. The molecule has 3 unspecified atom stereocenters. The maximum Gasteiger partial charge on any atom is 0.335 e. The lowest BCUT2D eigenvalue weighted by Gasteiger charge is -2.72. The average Bonchev–Trinajstić information content (AvgIpc) is 0.670. The lowest BCUT2D eigenvalue weighted by atomic mass is 9.33. The molecule has 0 spiro atoms. The zero-order valence-corrected chi connectivity index (χ0v) is 53.5. The number of aliphatic carboxylic acids is 1. The lowest BCUT2D eigenvalue weighted by Crippen LogP contribution is -2.72. The highest BCUT2D eigenvalue weighted by molar-refractivity contribution is 5.88. The SMILES string of the molecule is C/C=C(\C)C(=O)O[C@H]1[C@H](OC(=O)/C=C/c2ccccc2)[C@@]2(CO)C(CC1(C)C)C1=CCC3[C@@]4(C)CC[C@H](O[C@@H]5O[C@H](C(=O)O)[C@@H](O)[C@H](O[C@@H]6OC[C@H](O)[C@H](O)[C@H]6O[C@@H]6OC[C@@H](O)[C@H](O)[C@H]6O)[C@H]5O[C@@H]5O[C@H](CO)[C@H](O)[C@H](O)[C@H]5O)C(C)(C)C4CC[C@@]3(C)[C@]1(C)C[C@H]2O. The predicted octanol–water partition coefficient (Wildman–Crippen LogP) is 0.502. The first-order chi connectivity index (χ1) is 43.3. The molecule has 0 radical (unpaired) electrons. The van der Waals surface area contributed by atoms with E-state index in [1.165, 1.54) is 6.08 Å². The fourth-order valence-electron chi connectivity index (χ4n) is 17.8. The number of fused-ring (bicyclic) bond motifs is 7. The van der Waals surface area contributed by atoms with Crippen LogP contribution in [0.25, 0.3) is 6.08 Å². The molecular weight excluding hydrogens is 1210 g/mol. The van der Waals surface area contributed by atoms with Gasteiger partial charge in [0.15, 0.2) is 37.4 Å². The molecule has 26 nitrogen and oxygen atoms in total. The summed E-state index contributed by atoms with van der Waals surface area (Å²) in [7, 11) is 0. The van der Waals surface area contributed by atoms with Crippen molar-refractivity contribution in [3.63, 3.8) is 0 Å². The van der Waals surface area contributed by atoms with Gasteiger partial charge in [0.1, 0.15) is 85.5 Å². The number of aliphatic hydroxyl groups excluding tert-OH is 12. The smallest absolute Gasteiger partial charge is 0.335 e. The third kappa shape index (κ3) is 12.2. The highest BCUT2D eigenvalue weighted by Gasteiger charge is 2.74. The highest BCUT2D eigenvalue weighted by atomic mass is 16.8. The number of carbonyl (C=O) groups is 3. The Bertz CT molecular complexity index is 2880. The second-order valence-corrected chi connectivity index (χ2v) is 29.2. The third-order valence-corrected chi connectivity index (χ3v) is 23.4. The summed E-state index contributed by atoms with van der Waals surface area (Å²) < 4.78 is 61.6. The normalized spacial score (nSPS) is 47.6. The van der Waals surface area contributed by atoms with Crippen molar-refractivity contribution in [3.05, 3.63) is 65.3 Å². The van der Waals surface area contributed by atoms with Gasteiger partial charge in [-0.3, -0.25) is 0 Å². The van der Waals surface area contributed by atoms with Gasteiger partial charge in [-0.05, 0) is 110 Å². The number of allylic oxidation sites excluding steroid dienone is 3. The molecule has 5 aliphatic carbocycles. The molecule has 4 saturated carbocycles. The summed E-state index contributed by atoms with van der Waals surface area (Å²) >= 11 is 0. The lowest BCUT2D eigenvalue weighted by molar-refractivity contribution is -0.399. The van der Waals surface area contributed by atoms with Crippen LogP contribution in [0.5, 0.6) is 0 Å². The molecule has 1 aromatic carbocycles. The van der Waals surface area contributed by atoms with Gasteiger partial charge in [0, 0.05) is 17.1 Å². The highest BCUT2D eigenvalue weighted by Crippen LogP contribution is 2.76. The molecule has 0 bridgehead atoms. The van der Waals surface area contributed by atoms with E-state index in [0.29, 0.717) is 44.1 Å². The van der Waals surface area contributed by atoms with E-state index in [2.05, 4.69) is 26.8 Å². The molecule has 4 heterocycles. The predicted molar refractivity (Wildman–Crippen MR) is 318 cm³/mol. The van der Waals surface area contributed by atoms with Crippen LogP contribution < -0.4 is 0 Å². The van der Waals surface area contributed by atoms with Crippen molar-refractivity contribution in [2.45, 2.75) is 242 Å². The average molecular weight is 1310 g/mol. The molecule has 13 N–H and O–H groups in total. The molecule has 4 saturated heterocycles. The molecule has 9 aliphatic rings.